The van der Waals surface area contributed by atoms with Crippen LogP contribution in [0.2, 0.25) is 0 Å². The van der Waals surface area contributed by atoms with Crippen molar-refractivity contribution < 1.29 is 0 Å². The largest absolute Gasteiger partial charge is 0.356 e. The van der Waals surface area contributed by atoms with Crippen LogP contribution in [0.25, 0.3) is 0 Å². The molecule has 0 aromatic carbocycles. The normalized spacial score (nSPS) is 19.6. The van der Waals surface area contributed by atoms with E-state index in [-0.39, 0.29) is 5.54 Å². The number of aliphatic imine (C=N–C) groups is 1. The zero-order valence-electron chi connectivity index (χ0n) is 17.6. The fraction of sp³-hybridized carbons (Fsp3) is 0.800. The standard InChI is InChI=1S/C20H38N6/c1-16-9-7-11-25(14-16)20(4,5)15-23-19(21-6)22-10-8-12-26-18(3)13-17(2)24-26/h13,16H,7-12,14-15H2,1-6H3,(H2,21,22,23). The predicted molar refractivity (Wildman–Crippen MR) is 110 cm³/mol. The molecule has 0 amide bonds. The minimum absolute atomic E-state index is 0.135. The first-order valence-corrected chi connectivity index (χ1v) is 10.0. The van der Waals surface area contributed by atoms with Gasteiger partial charge in [-0.05, 0) is 65.5 Å². The summed E-state index contributed by atoms with van der Waals surface area (Å²) in [4.78, 5) is 6.99. The maximum absolute atomic E-state index is 4.51. The molecule has 6 nitrogen and oxygen atoms in total. The van der Waals surface area contributed by atoms with Gasteiger partial charge in [-0.3, -0.25) is 14.6 Å². The lowest BCUT2D eigenvalue weighted by molar-refractivity contribution is 0.0739. The highest BCUT2D eigenvalue weighted by molar-refractivity contribution is 5.79. The highest BCUT2D eigenvalue weighted by atomic mass is 15.3. The van der Waals surface area contributed by atoms with Crippen molar-refractivity contribution in [3.63, 3.8) is 0 Å². The topological polar surface area (TPSA) is 57.5 Å². The van der Waals surface area contributed by atoms with Crippen molar-refractivity contribution in [2.45, 2.75) is 66.0 Å². The summed E-state index contributed by atoms with van der Waals surface area (Å²) in [6.07, 6.45) is 3.69. The van der Waals surface area contributed by atoms with E-state index in [9.17, 15) is 0 Å². The highest BCUT2D eigenvalue weighted by Gasteiger charge is 2.30. The summed E-state index contributed by atoms with van der Waals surface area (Å²) in [6.45, 7) is 16.3. The number of nitrogens with zero attached hydrogens (tertiary/aromatic N) is 4. The lowest BCUT2D eigenvalue weighted by Gasteiger charge is -2.43. The van der Waals surface area contributed by atoms with Gasteiger partial charge in [0.25, 0.3) is 0 Å². The molecule has 1 unspecified atom stereocenters. The molecule has 148 valence electrons. The molecule has 1 aliphatic rings. The summed E-state index contributed by atoms with van der Waals surface area (Å²) in [5.41, 5.74) is 2.44. The molecular formula is C20H38N6. The second kappa shape index (κ2) is 9.40. The average Bonchev–Trinajstić information content (AvgIpc) is 2.91. The van der Waals surface area contributed by atoms with Gasteiger partial charge in [0.05, 0.1) is 5.69 Å². The molecule has 1 aromatic heterocycles. The second-order valence-corrected chi connectivity index (χ2v) is 8.36. The Morgan fingerprint density at radius 2 is 2.12 bits per heavy atom. The van der Waals surface area contributed by atoms with Crippen molar-refractivity contribution in [2.24, 2.45) is 10.9 Å². The van der Waals surface area contributed by atoms with Gasteiger partial charge in [0.2, 0.25) is 0 Å². The van der Waals surface area contributed by atoms with Gasteiger partial charge in [-0.2, -0.15) is 5.10 Å². The highest BCUT2D eigenvalue weighted by Crippen LogP contribution is 2.23. The van der Waals surface area contributed by atoms with E-state index in [2.05, 4.69) is 64.1 Å². The molecule has 6 heteroatoms. The van der Waals surface area contributed by atoms with Crippen LogP contribution in [0.3, 0.4) is 0 Å². The molecule has 0 bridgehead atoms. The third-order valence-electron chi connectivity index (χ3n) is 5.37. The quantitative estimate of drug-likeness (QED) is 0.445. The first-order valence-electron chi connectivity index (χ1n) is 10.0. The third-order valence-corrected chi connectivity index (χ3v) is 5.37. The summed E-state index contributed by atoms with van der Waals surface area (Å²) in [5, 5.41) is 11.5. The summed E-state index contributed by atoms with van der Waals surface area (Å²) in [5.74, 6) is 1.69. The summed E-state index contributed by atoms with van der Waals surface area (Å²) >= 11 is 0. The Morgan fingerprint density at radius 3 is 2.73 bits per heavy atom. The van der Waals surface area contributed by atoms with Gasteiger partial charge in [-0.1, -0.05) is 6.92 Å². The Kier molecular flexibility index (Phi) is 7.50. The Labute approximate surface area is 159 Å². The number of aryl methyl sites for hydroxylation is 3. The molecule has 1 atom stereocenters. The van der Waals surface area contributed by atoms with Crippen LogP contribution in [0.5, 0.6) is 0 Å². The van der Waals surface area contributed by atoms with Crippen molar-refractivity contribution in [3.8, 4) is 0 Å². The minimum atomic E-state index is 0.135. The van der Waals surface area contributed by atoms with Crippen molar-refractivity contribution in [2.75, 3.05) is 33.2 Å². The molecule has 2 N–H and O–H groups in total. The first-order chi connectivity index (χ1) is 12.3. The zero-order chi connectivity index (χ0) is 19.2. The van der Waals surface area contributed by atoms with Crippen LogP contribution in [-0.4, -0.2) is 59.4 Å². The summed E-state index contributed by atoms with van der Waals surface area (Å²) in [7, 11) is 1.84. The zero-order valence-corrected chi connectivity index (χ0v) is 17.6. The molecule has 0 aliphatic carbocycles. The van der Waals surface area contributed by atoms with Crippen LogP contribution in [0.15, 0.2) is 11.1 Å². The van der Waals surface area contributed by atoms with Gasteiger partial charge in [0.15, 0.2) is 5.96 Å². The Balaban J connectivity index is 1.72. The van der Waals surface area contributed by atoms with Crippen LogP contribution in [-0.2, 0) is 6.54 Å². The molecule has 2 rings (SSSR count). The Hall–Kier alpha value is -1.56. The smallest absolute Gasteiger partial charge is 0.191 e. The molecule has 1 saturated heterocycles. The van der Waals surface area contributed by atoms with Crippen molar-refractivity contribution in [1.29, 1.82) is 0 Å². The van der Waals surface area contributed by atoms with E-state index < -0.39 is 0 Å². The maximum Gasteiger partial charge on any atom is 0.191 e. The van der Waals surface area contributed by atoms with Crippen LogP contribution in [0.1, 0.15) is 51.4 Å². The number of piperidine rings is 1. The molecule has 1 aliphatic heterocycles. The van der Waals surface area contributed by atoms with Crippen LogP contribution in [0, 0.1) is 19.8 Å². The summed E-state index contributed by atoms with van der Waals surface area (Å²) in [6, 6.07) is 2.12. The van der Waals surface area contributed by atoms with E-state index >= 15 is 0 Å². The Bertz CT molecular complexity index is 589. The second-order valence-electron chi connectivity index (χ2n) is 8.36. The fourth-order valence-corrected chi connectivity index (χ4v) is 3.71. The van der Waals surface area contributed by atoms with Crippen LogP contribution >= 0.6 is 0 Å². The van der Waals surface area contributed by atoms with E-state index in [1.54, 1.807) is 0 Å². The molecule has 0 radical (unpaired) electrons. The van der Waals surface area contributed by atoms with Gasteiger partial charge in [0.1, 0.15) is 0 Å². The number of aromatic nitrogens is 2. The monoisotopic (exact) mass is 362 g/mol. The van der Waals surface area contributed by atoms with Crippen molar-refractivity contribution in [1.82, 2.24) is 25.3 Å². The fourth-order valence-electron chi connectivity index (χ4n) is 3.71. The van der Waals surface area contributed by atoms with E-state index in [0.717, 1.165) is 43.6 Å². The van der Waals surface area contributed by atoms with Crippen LogP contribution < -0.4 is 10.6 Å². The number of guanidine groups is 1. The van der Waals surface area contributed by atoms with Gasteiger partial charge >= 0.3 is 0 Å². The number of hydrogen-bond acceptors (Lipinski definition) is 3. The van der Waals surface area contributed by atoms with Gasteiger partial charge in [-0.25, -0.2) is 0 Å². The average molecular weight is 363 g/mol. The molecule has 26 heavy (non-hydrogen) atoms. The lowest BCUT2D eigenvalue weighted by atomic mass is 9.93. The van der Waals surface area contributed by atoms with E-state index in [4.69, 9.17) is 0 Å². The van der Waals surface area contributed by atoms with Gasteiger partial charge in [0, 0.05) is 44.5 Å². The SMILES string of the molecule is CN=C(NCCCn1nc(C)cc1C)NCC(C)(C)N1CCCC(C)C1. The van der Waals surface area contributed by atoms with E-state index in [1.807, 2.05) is 14.0 Å². The van der Waals surface area contributed by atoms with Crippen molar-refractivity contribution in [3.05, 3.63) is 17.5 Å². The number of rotatable bonds is 7. The number of likely N-dealkylation sites (tertiary alicyclic amines) is 1. The van der Waals surface area contributed by atoms with Gasteiger partial charge < -0.3 is 10.6 Å². The first kappa shape index (κ1) is 20.7. The molecule has 1 aromatic rings. The Morgan fingerprint density at radius 1 is 1.35 bits per heavy atom. The molecule has 1 fully saturated rings. The predicted octanol–water partition coefficient (Wildman–Crippen LogP) is 2.57. The van der Waals surface area contributed by atoms with E-state index in [1.165, 1.54) is 31.6 Å². The number of hydrogen-bond donors (Lipinski definition) is 2. The lowest BCUT2D eigenvalue weighted by Crippen LogP contribution is -2.56. The maximum atomic E-state index is 4.51. The molecule has 0 spiro atoms. The molecule has 0 saturated carbocycles. The van der Waals surface area contributed by atoms with E-state index in [0.29, 0.717) is 0 Å². The van der Waals surface area contributed by atoms with Crippen molar-refractivity contribution >= 4 is 5.96 Å². The molecular weight excluding hydrogens is 324 g/mol. The summed E-state index contributed by atoms with van der Waals surface area (Å²) < 4.78 is 2.08. The minimum Gasteiger partial charge on any atom is -0.356 e. The number of nitrogens with one attached hydrogen (secondary N) is 2. The van der Waals surface area contributed by atoms with Crippen LogP contribution in [0.4, 0.5) is 0 Å². The third kappa shape index (κ3) is 6.01. The van der Waals surface area contributed by atoms with Gasteiger partial charge in [-0.15, -0.1) is 0 Å². The molecule has 2 heterocycles.